The highest BCUT2D eigenvalue weighted by atomic mass is 79.9. The van der Waals surface area contributed by atoms with E-state index in [2.05, 4.69) is 25.8 Å². The minimum atomic E-state index is -0.960. The van der Waals surface area contributed by atoms with Crippen molar-refractivity contribution in [2.45, 2.75) is 32.4 Å². The zero-order valence-corrected chi connectivity index (χ0v) is 17.3. The summed E-state index contributed by atoms with van der Waals surface area (Å²) < 4.78 is 11.6. The normalized spacial score (nSPS) is 12.1. The average Bonchev–Trinajstić information content (AvgIpc) is 3.13. The molecule has 3 aromatic rings. The Hall–Kier alpha value is -2.54. The Kier molecular flexibility index (Phi) is 6.92. The predicted molar refractivity (Wildman–Crippen MR) is 112 cm³/mol. The van der Waals surface area contributed by atoms with Gasteiger partial charge in [-0.05, 0) is 42.7 Å². The van der Waals surface area contributed by atoms with Crippen LogP contribution < -0.4 is 9.64 Å². The zero-order chi connectivity index (χ0) is 19.9. The minimum absolute atomic E-state index is 0.403. The third-order valence-corrected chi connectivity index (χ3v) is 4.87. The quantitative estimate of drug-likeness (QED) is 0.448. The standard InChI is InChI=1S/C21H23BrN2O4/c1-2-18(20(25)26)27-16-8-5-7-15(13-16)14-24(12-6-11-22)21-23-17-9-3-4-10-19(17)28-21/h3-5,7-10,13,18H,2,6,11-12,14H2,1H3,(H,25,26)/t18-/m1/s1. The third-order valence-electron chi connectivity index (χ3n) is 4.31. The molecule has 0 amide bonds. The molecule has 1 aromatic heterocycles. The van der Waals surface area contributed by atoms with Crippen molar-refractivity contribution in [1.29, 1.82) is 0 Å². The molecule has 1 atom stereocenters. The Balaban J connectivity index is 1.80. The SMILES string of the molecule is CC[C@@H](Oc1cccc(CN(CCCBr)c2nc3ccccc3o2)c1)C(=O)O. The van der Waals surface area contributed by atoms with Gasteiger partial charge >= 0.3 is 5.97 Å². The lowest BCUT2D eigenvalue weighted by Crippen LogP contribution is -2.26. The van der Waals surface area contributed by atoms with Crippen LogP contribution in [0, 0.1) is 0 Å². The highest BCUT2D eigenvalue weighted by molar-refractivity contribution is 9.09. The molecule has 0 aliphatic rings. The van der Waals surface area contributed by atoms with Gasteiger partial charge in [0, 0.05) is 18.4 Å². The van der Waals surface area contributed by atoms with Gasteiger partial charge in [0.1, 0.15) is 11.3 Å². The third kappa shape index (κ3) is 5.04. The fraction of sp³-hybridized carbons (Fsp3) is 0.333. The van der Waals surface area contributed by atoms with Crippen LogP contribution >= 0.6 is 15.9 Å². The van der Waals surface area contributed by atoms with E-state index >= 15 is 0 Å². The van der Waals surface area contributed by atoms with Crippen molar-refractivity contribution in [3.8, 4) is 5.75 Å². The molecule has 3 rings (SSSR count). The summed E-state index contributed by atoms with van der Waals surface area (Å²) in [6, 6.07) is 15.8. The number of carboxylic acid groups (broad SMARTS) is 1. The van der Waals surface area contributed by atoms with Gasteiger partial charge in [-0.1, -0.05) is 47.1 Å². The summed E-state index contributed by atoms with van der Waals surface area (Å²) >= 11 is 3.48. The number of hydrogen-bond acceptors (Lipinski definition) is 5. The van der Waals surface area contributed by atoms with Crippen LogP contribution in [0.5, 0.6) is 5.75 Å². The molecular formula is C21H23BrN2O4. The van der Waals surface area contributed by atoms with Gasteiger partial charge in [-0.2, -0.15) is 4.98 Å². The number of hydrogen-bond donors (Lipinski definition) is 1. The summed E-state index contributed by atoms with van der Waals surface area (Å²) in [5.74, 6) is -0.414. The van der Waals surface area contributed by atoms with Crippen LogP contribution in [0.15, 0.2) is 52.9 Å². The molecule has 0 spiro atoms. The predicted octanol–water partition coefficient (Wildman–Crippen LogP) is 4.86. The van der Waals surface area contributed by atoms with Crippen LogP contribution in [0.3, 0.4) is 0 Å². The van der Waals surface area contributed by atoms with E-state index in [9.17, 15) is 9.90 Å². The Bertz CT molecular complexity index is 894. The summed E-state index contributed by atoms with van der Waals surface area (Å²) in [6.45, 7) is 3.15. The second-order valence-corrected chi connectivity index (χ2v) is 7.22. The van der Waals surface area contributed by atoms with E-state index in [4.69, 9.17) is 9.15 Å². The Morgan fingerprint density at radius 1 is 1.29 bits per heavy atom. The second-order valence-electron chi connectivity index (χ2n) is 6.43. The number of carboxylic acids is 1. The van der Waals surface area contributed by atoms with E-state index in [0.717, 1.165) is 35.0 Å². The van der Waals surface area contributed by atoms with Crippen LogP contribution in [0.1, 0.15) is 25.3 Å². The maximum absolute atomic E-state index is 11.2. The van der Waals surface area contributed by atoms with Gasteiger partial charge in [0.25, 0.3) is 6.01 Å². The average molecular weight is 447 g/mol. The molecular weight excluding hydrogens is 424 g/mol. The molecule has 2 aromatic carbocycles. The van der Waals surface area contributed by atoms with E-state index in [-0.39, 0.29) is 0 Å². The number of fused-ring (bicyclic) bond motifs is 1. The number of oxazole rings is 1. The van der Waals surface area contributed by atoms with Crippen molar-refractivity contribution in [2.24, 2.45) is 0 Å². The molecule has 6 nitrogen and oxygen atoms in total. The minimum Gasteiger partial charge on any atom is -0.479 e. The Morgan fingerprint density at radius 3 is 2.82 bits per heavy atom. The maximum Gasteiger partial charge on any atom is 0.344 e. The van der Waals surface area contributed by atoms with Crippen molar-refractivity contribution in [3.05, 3.63) is 54.1 Å². The lowest BCUT2D eigenvalue weighted by Gasteiger charge is -2.21. The molecule has 0 unspecified atom stereocenters. The molecule has 148 valence electrons. The number of halogens is 1. The smallest absolute Gasteiger partial charge is 0.344 e. The van der Waals surface area contributed by atoms with Gasteiger partial charge in [-0.15, -0.1) is 0 Å². The summed E-state index contributed by atoms with van der Waals surface area (Å²) in [7, 11) is 0. The molecule has 1 N–H and O–H groups in total. The van der Waals surface area contributed by atoms with Gasteiger partial charge in [0.05, 0.1) is 0 Å². The highest BCUT2D eigenvalue weighted by Gasteiger charge is 2.18. The molecule has 0 fully saturated rings. The summed E-state index contributed by atoms with van der Waals surface area (Å²) in [5, 5.41) is 10.1. The number of aliphatic carboxylic acids is 1. The van der Waals surface area contributed by atoms with E-state index in [1.807, 2.05) is 42.5 Å². The first-order valence-corrected chi connectivity index (χ1v) is 10.4. The summed E-state index contributed by atoms with van der Waals surface area (Å²) in [4.78, 5) is 17.9. The first-order chi connectivity index (χ1) is 13.6. The van der Waals surface area contributed by atoms with Crippen molar-refractivity contribution >= 4 is 39.0 Å². The second kappa shape index (κ2) is 9.59. The number of anilines is 1. The van der Waals surface area contributed by atoms with E-state index < -0.39 is 12.1 Å². The summed E-state index contributed by atoms with van der Waals surface area (Å²) in [5.41, 5.74) is 2.57. The molecule has 0 aliphatic heterocycles. The van der Waals surface area contributed by atoms with Gasteiger partial charge < -0.3 is 19.2 Å². The first kappa shape index (κ1) is 20.2. The number of rotatable bonds is 10. The van der Waals surface area contributed by atoms with Gasteiger partial charge in [0.2, 0.25) is 0 Å². The molecule has 1 heterocycles. The van der Waals surface area contributed by atoms with Crippen LogP contribution in [0.25, 0.3) is 11.1 Å². The lowest BCUT2D eigenvalue weighted by molar-refractivity contribution is -0.145. The molecule has 0 saturated heterocycles. The van der Waals surface area contributed by atoms with E-state index in [1.165, 1.54) is 0 Å². The largest absolute Gasteiger partial charge is 0.479 e. The van der Waals surface area contributed by atoms with Crippen molar-refractivity contribution < 1.29 is 19.1 Å². The Labute approximate surface area is 172 Å². The van der Waals surface area contributed by atoms with Gasteiger partial charge in [-0.25, -0.2) is 4.79 Å². The monoisotopic (exact) mass is 446 g/mol. The first-order valence-electron chi connectivity index (χ1n) is 9.25. The van der Waals surface area contributed by atoms with Crippen LogP contribution in [0.2, 0.25) is 0 Å². The van der Waals surface area contributed by atoms with Gasteiger partial charge in [0.15, 0.2) is 11.7 Å². The van der Waals surface area contributed by atoms with E-state index in [1.54, 1.807) is 13.0 Å². The molecule has 7 heteroatoms. The molecule has 0 bridgehead atoms. The number of para-hydroxylation sites is 2. The van der Waals surface area contributed by atoms with Crippen molar-refractivity contribution in [2.75, 3.05) is 16.8 Å². The maximum atomic E-state index is 11.2. The topological polar surface area (TPSA) is 75.8 Å². The molecule has 28 heavy (non-hydrogen) atoms. The van der Waals surface area contributed by atoms with Crippen molar-refractivity contribution in [1.82, 2.24) is 4.98 Å². The zero-order valence-electron chi connectivity index (χ0n) is 15.7. The Morgan fingerprint density at radius 2 is 2.11 bits per heavy atom. The number of nitrogens with zero attached hydrogens (tertiary/aromatic N) is 2. The number of carbonyl (C=O) groups is 1. The van der Waals surface area contributed by atoms with Crippen LogP contribution in [0.4, 0.5) is 6.01 Å². The van der Waals surface area contributed by atoms with Crippen LogP contribution in [-0.2, 0) is 11.3 Å². The number of aromatic nitrogens is 1. The fourth-order valence-electron chi connectivity index (χ4n) is 2.90. The number of alkyl halides is 1. The van der Waals surface area contributed by atoms with Crippen LogP contribution in [-0.4, -0.2) is 34.0 Å². The summed E-state index contributed by atoms with van der Waals surface area (Å²) in [6.07, 6.45) is 0.489. The van der Waals surface area contributed by atoms with Crippen molar-refractivity contribution in [3.63, 3.8) is 0 Å². The van der Waals surface area contributed by atoms with E-state index in [0.29, 0.717) is 24.7 Å². The van der Waals surface area contributed by atoms with Gasteiger partial charge in [-0.3, -0.25) is 0 Å². The fourth-order valence-corrected chi connectivity index (χ4v) is 3.15. The molecule has 0 aliphatic carbocycles. The number of benzene rings is 2. The lowest BCUT2D eigenvalue weighted by atomic mass is 10.2. The molecule has 0 radical (unpaired) electrons. The molecule has 0 saturated carbocycles. The number of ether oxygens (including phenoxy) is 1. The highest BCUT2D eigenvalue weighted by Crippen LogP contribution is 2.25.